The quantitative estimate of drug-likeness (QED) is 0.114. The Hall–Kier alpha value is -13.1. The van der Waals surface area contributed by atoms with Crippen molar-refractivity contribution < 1.29 is 10.0 Å². The molecule has 18 aromatic rings. The summed E-state index contributed by atoms with van der Waals surface area (Å²) in [5.74, 6) is 1.13. The van der Waals surface area contributed by atoms with Crippen LogP contribution in [0.25, 0.3) is 167 Å². The Bertz CT molecular complexity index is 7090. The van der Waals surface area contributed by atoms with Gasteiger partial charge in [-0.05, 0) is 234 Å². The van der Waals surface area contributed by atoms with Crippen LogP contribution in [0.4, 0.5) is 0 Å². The van der Waals surface area contributed by atoms with Crippen LogP contribution >= 0.6 is 11.6 Å². The summed E-state index contributed by atoms with van der Waals surface area (Å²) in [7, 11) is -1.44. The van der Waals surface area contributed by atoms with E-state index in [1.807, 2.05) is 55.5 Å². The molecule has 0 bridgehead atoms. The Morgan fingerprint density at radius 2 is 0.559 bits per heavy atom. The highest BCUT2D eigenvalue weighted by atomic mass is 35.5. The van der Waals surface area contributed by atoms with Gasteiger partial charge in [-0.2, -0.15) is 0 Å². The van der Waals surface area contributed by atoms with Crippen molar-refractivity contribution >= 4 is 67.3 Å². The molecule has 0 atom stereocenters. The number of pyridine rings is 2. The molecule has 118 heavy (non-hydrogen) atoms. The van der Waals surface area contributed by atoms with Gasteiger partial charge in [0.1, 0.15) is 16.5 Å². The lowest BCUT2D eigenvalue weighted by Crippen LogP contribution is -2.31. The molecule has 10 heteroatoms. The fraction of sp³-hybridized carbons (Fsp3) is 0.130. The maximum Gasteiger partial charge on any atom is 0.488 e. The van der Waals surface area contributed by atoms with E-state index in [9.17, 15) is 10.0 Å². The van der Waals surface area contributed by atoms with E-state index < -0.39 is 7.12 Å². The van der Waals surface area contributed by atoms with Gasteiger partial charge in [-0.15, -0.1) is 0 Å². The topological polar surface area (TPSA) is 118 Å². The zero-order chi connectivity index (χ0) is 80.8. The van der Waals surface area contributed by atoms with Crippen LogP contribution in [0.2, 0.25) is 5.15 Å². The molecule has 4 aromatic heterocycles. The number of fused-ring (bicyclic) bond motifs is 16. The molecule has 0 amide bonds. The summed E-state index contributed by atoms with van der Waals surface area (Å²) >= 11 is 6.50. The van der Waals surface area contributed by atoms with Crippen molar-refractivity contribution in [2.24, 2.45) is 0 Å². The van der Waals surface area contributed by atoms with Crippen LogP contribution in [0, 0.1) is 13.8 Å². The summed E-state index contributed by atoms with van der Waals surface area (Å²) < 4.78 is 0. The molecule has 8 nitrogen and oxygen atoms in total. The van der Waals surface area contributed by atoms with E-state index in [4.69, 9.17) is 36.5 Å². The van der Waals surface area contributed by atoms with Crippen molar-refractivity contribution in [1.82, 2.24) is 29.9 Å². The number of nitrogens with zero attached hydrogens (tertiary/aromatic N) is 6. The highest BCUT2D eigenvalue weighted by Gasteiger charge is 2.44. The first-order valence-electron chi connectivity index (χ1n) is 40.6. The van der Waals surface area contributed by atoms with Gasteiger partial charge in [0.2, 0.25) is 0 Å². The second-order valence-corrected chi connectivity index (χ2v) is 34.5. The molecular formula is C108H84BClN6O2. The number of benzene rings is 14. The zero-order valence-electron chi connectivity index (χ0n) is 67.6. The van der Waals surface area contributed by atoms with Crippen LogP contribution in [0.1, 0.15) is 111 Å². The van der Waals surface area contributed by atoms with Gasteiger partial charge in [0.25, 0.3) is 0 Å². The van der Waals surface area contributed by atoms with Gasteiger partial charge in [0.15, 0.2) is 11.6 Å². The molecule has 14 aromatic carbocycles. The van der Waals surface area contributed by atoms with Gasteiger partial charge in [-0.1, -0.05) is 316 Å². The standard InChI is InChI=1S/C54H41N3.C30H20ClN3.C24H23BO2/c1-32-26-36(39-21-12-16-33-14-6-8-18-37(33)39)28-51(55-32)52-56-49(31-50(57-52)42-22-13-17-34-15-7-9-19-38(34)42)35-24-25-41-44-30-47-43(29-48(44)54(4,5)46(41)27-35)40-20-10-11-23-45(40)53(47,2)3;1-19-16-22(25-14-6-10-20-8-2-4-12-23(20)25)17-28(32-19)30-33-27(18-29(31)34-30)26-15-7-11-21-9-3-5-13-24(21)26;1-23(2)19-8-6-5-7-15(19)17-12-22-18(13-21(17)23)16-10-9-14(25(26)27)11-20(16)24(22,3)4/h6-31H,1-5H3;2-18H,1H3;5-13,26-27H,1-4H3. The molecule has 2 N–H and O–H groups in total. The summed E-state index contributed by atoms with van der Waals surface area (Å²) in [6.45, 7) is 22.6. The average molecular weight is 1540 g/mol. The minimum atomic E-state index is -1.44. The third-order valence-electron chi connectivity index (χ3n) is 25.5. The van der Waals surface area contributed by atoms with Crippen molar-refractivity contribution in [3.63, 3.8) is 0 Å². The van der Waals surface area contributed by atoms with Crippen molar-refractivity contribution in [1.29, 1.82) is 0 Å². The second-order valence-electron chi connectivity index (χ2n) is 34.2. The first-order chi connectivity index (χ1) is 57.0. The van der Waals surface area contributed by atoms with Crippen LogP contribution < -0.4 is 5.46 Å². The Balaban J connectivity index is 0.000000124. The van der Waals surface area contributed by atoms with Crippen LogP contribution in [-0.2, 0) is 21.7 Å². The smallest absolute Gasteiger partial charge is 0.423 e. The highest BCUT2D eigenvalue weighted by molar-refractivity contribution is 6.58. The predicted octanol–water partition coefficient (Wildman–Crippen LogP) is 25.9. The third kappa shape index (κ3) is 12.3. The molecule has 0 radical (unpaired) electrons. The number of rotatable bonds is 8. The molecule has 0 unspecified atom stereocenters. The Morgan fingerprint density at radius 3 is 1.00 bits per heavy atom. The summed E-state index contributed by atoms with van der Waals surface area (Å²) in [6, 6.07) is 112. The van der Waals surface area contributed by atoms with Crippen LogP contribution in [0.5, 0.6) is 0 Å². The number of hydrogen-bond acceptors (Lipinski definition) is 8. The summed E-state index contributed by atoms with van der Waals surface area (Å²) in [4.78, 5) is 30.0. The number of aromatic nitrogens is 6. The van der Waals surface area contributed by atoms with E-state index in [0.29, 0.717) is 28.0 Å². The number of aryl methyl sites for hydroxylation is 2. The molecule has 0 fully saturated rings. The zero-order valence-corrected chi connectivity index (χ0v) is 68.3. The number of hydrogen-bond donors (Lipinski definition) is 2. The first-order valence-corrected chi connectivity index (χ1v) is 41.0. The minimum absolute atomic E-state index is 0.0188. The average Bonchev–Trinajstić information content (AvgIpc) is 1.55. The van der Waals surface area contributed by atoms with E-state index >= 15 is 0 Å². The van der Waals surface area contributed by atoms with E-state index in [-0.39, 0.29) is 21.7 Å². The van der Waals surface area contributed by atoms with Crippen molar-refractivity contribution in [2.45, 2.75) is 90.9 Å². The Kier molecular flexibility index (Phi) is 17.5. The van der Waals surface area contributed by atoms with Gasteiger partial charge in [0, 0.05) is 55.8 Å². The molecule has 22 rings (SSSR count). The second kappa shape index (κ2) is 28.1. The van der Waals surface area contributed by atoms with Gasteiger partial charge < -0.3 is 10.0 Å². The maximum atomic E-state index is 9.61. The molecular weight excluding hydrogens is 1460 g/mol. The number of halogens is 1. The van der Waals surface area contributed by atoms with Crippen molar-refractivity contribution in [2.75, 3.05) is 0 Å². The van der Waals surface area contributed by atoms with E-state index in [1.165, 1.54) is 116 Å². The molecule has 0 saturated heterocycles. The fourth-order valence-corrected chi connectivity index (χ4v) is 19.6. The SMILES string of the molecule is CC1(C)c2ccccc2-c2cc3c(cc21)-c1ccc(B(O)O)cc1C3(C)C.Cc1cc(-c2cccc3ccccc23)cc(-c2nc(-c3ccc4c(c3)C(C)(C)c3cc5c(cc3-4)C(C)(C)c3ccccc3-5)cc(-c3cccc4ccccc34)n2)n1.Cc1cc(-c2cccc3ccccc23)cc(-c2nc(Cl)cc(-c3cccc4ccccc34)n2)n1. The minimum Gasteiger partial charge on any atom is -0.423 e. The van der Waals surface area contributed by atoms with Gasteiger partial charge in [-0.3, -0.25) is 0 Å². The van der Waals surface area contributed by atoms with E-state index in [0.717, 1.165) is 89.3 Å². The molecule has 0 aliphatic heterocycles. The van der Waals surface area contributed by atoms with Crippen LogP contribution in [0.15, 0.2) is 315 Å². The largest absolute Gasteiger partial charge is 0.488 e. The highest BCUT2D eigenvalue weighted by Crippen LogP contribution is 2.59. The van der Waals surface area contributed by atoms with E-state index in [2.05, 4.69) is 334 Å². The first kappa shape index (κ1) is 73.7. The molecule has 0 spiro atoms. The maximum absolute atomic E-state index is 9.61. The summed E-state index contributed by atoms with van der Waals surface area (Å²) in [6.07, 6.45) is 0. The Morgan fingerprint density at radius 1 is 0.237 bits per heavy atom. The Labute approximate surface area is 693 Å². The van der Waals surface area contributed by atoms with Gasteiger partial charge in [-0.25, -0.2) is 29.9 Å². The van der Waals surface area contributed by atoms with Gasteiger partial charge >= 0.3 is 7.12 Å². The lowest BCUT2D eigenvalue weighted by atomic mass is 9.75. The molecule has 4 aliphatic carbocycles. The third-order valence-corrected chi connectivity index (χ3v) is 25.7. The molecule has 0 saturated carbocycles. The van der Waals surface area contributed by atoms with E-state index in [1.54, 1.807) is 0 Å². The lowest BCUT2D eigenvalue weighted by molar-refractivity contribution is 0.425. The lowest BCUT2D eigenvalue weighted by Gasteiger charge is -2.24. The van der Waals surface area contributed by atoms with Crippen molar-refractivity contribution in [3.05, 3.63) is 376 Å². The summed E-state index contributed by atoms with van der Waals surface area (Å²) in [5.41, 5.74) is 34.8. The molecule has 4 heterocycles. The predicted molar refractivity (Wildman–Crippen MR) is 489 cm³/mol. The van der Waals surface area contributed by atoms with Crippen LogP contribution in [-0.4, -0.2) is 47.1 Å². The normalized spacial score (nSPS) is 14.1. The van der Waals surface area contributed by atoms with Crippen LogP contribution in [0.3, 0.4) is 0 Å². The monoisotopic (exact) mass is 1540 g/mol. The molecule has 568 valence electrons. The fourth-order valence-electron chi connectivity index (χ4n) is 19.4. The van der Waals surface area contributed by atoms with Crippen molar-refractivity contribution in [3.8, 4) is 124 Å². The molecule has 4 aliphatic rings. The summed E-state index contributed by atoms with van der Waals surface area (Å²) in [5, 5.41) is 29.1. The van der Waals surface area contributed by atoms with Gasteiger partial charge in [0.05, 0.1) is 17.1 Å².